The van der Waals surface area contributed by atoms with Crippen LogP contribution in [0.4, 0.5) is 34.8 Å². The maximum Gasteiger partial charge on any atom is 0.337 e. The van der Waals surface area contributed by atoms with Crippen molar-refractivity contribution < 1.29 is 36.9 Å². The lowest BCUT2D eigenvalue weighted by Crippen LogP contribution is -2.11. The summed E-state index contributed by atoms with van der Waals surface area (Å²) >= 11 is 1.87. The molecular weight excluding hydrogens is 645 g/mol. The van der Waals surface area contributed by atoms with Crippen LogP contribution in [0.15, 0.2) is 54.7 Å². The number of hydrogen-bond acceptors (Lipinski definition) is 6. The summed E-state index contributed by atoms with van der Waals surface area (Å²) in [7, 11) is 2.99. The third kappa shape index (κ3) is 6.22. The lowest BCUT2D eigenvalue weighted by molar-refractivity contribution is 0.0697. The van der Waals surface area contributed by atoms with E-state index in [2.05, 4.69) is 15.6 Å². The van der Waals surface area contributed by atoms with Crippen molar-refractivity contribution in [1.82, 2.24) is 4.98 Å². The largest absolute Gasteiger partial charge is 0.497 e. The van der Waals surface area contributed by atoms with Crippen LogP contribution < -0.4 is 20.1 Å². The van der Waals surface area contributed by atoms with Crippen molar-refractivity contribution in [1.29, 1.82) is 0 Å². The van der Waals surface area contributed by atoms with Gasteiger partial charge in [0.2, 0.25) is 0 Å². The maximum absolute atomic E-state index is 15.3. The van der Waals surface area contributed by atoms with Gasteiger partial charge in [0.05, 0.1) is 31.2 Å². The highest BCUT2D eigenvalue weighted by molar-refractivity contribution is 14.1. The van der Waals surface area contributed by atoms with Gasteiger partial charge in [0.15, 0.2) is 23.3 Å². The van der Waals surface area contributed by atoms with Crippen LogP contribution in [0.3, 0.4) is 0 Å². The topological polar surface area (TPSA) is 92.7 Å². The zero-order chi connectivity index (χ0) is 29.0. The zero-order valence-corrected chi connectivity index (χ0v) is 23.3. The van der Waals surface area contributed by atoms with Crippen molar-refractivity contribution >= 4 is 45.8 Å². The minimum Gasteiger partial charge on any atom is -0.497 e. The van der Waals surface area contributed by atoms with E-state index >= 15 is 13.2 Å². The third-order valence-corrected chi connectivity index (χ3v) is 6.66. The number of benzene rings is 3. The molecule has 1 heterocycles. The maximum atomic E-state index is 15.3. The molecule has 0 fully saturated rings. The Morgan fingerprint density at radius 1 is 0.925 bits per heavy atom. The number of carbonyl (C=O) groups is 1. The van der Waals surface area contributed by atoms with E-state index in [0.717, 1.165) is 12.1 Å². The summed E-state index contributed by atoms with van der Waals surface area (Å²) in [5.41, 5.74) is -1.42. The number of hydrogen-bond donors (Lipinski definition) is 3. The molecule has 12 heteroatoms. The first-order chi connectivity index (χ1) is 19.1. The summed E-state index contributed by atoms with van der Waals surface area (Å²) < 4.78 is 70.9. The Labute approximate surface area is 240 Å². The van der Waals surface area contributed by atoms with E-state index in [-0.39, 0.29) is 23.6 Å². The van der Waals surface area contributed by atoms with Crippen LogP contribution in [0.25, 0.3) is 0 Å². The predicted molar refractivity (Wildman–Crippen MR) is 150 cm³/mol. The van der Waals surface area contributed by atoms with E-state index in [1.54, 1.807) is 18.2 Å². The molecule has 0 atom stereocenters. The molecule has 0 saturated carbocycles. The third-order valence-electron chi connectivity index (χ3n) is 5.99. The van der Waals surface area contributed by atoms with Gasteiger partial charge in [-0.25, -0.2) is 27.3 Å². The lowest BCUT2D eigenvalue weighted by Gasteiger charge is -2.16. The number of methoxy groups -OCH3 is 2. The fraction of sp³-hybridized carbons (Fsp3) is 0.143. The highest BCUT2D eigenvalue weighted by Gasteiger charge is 2.24. The second-order valence-corrected chi connectivity index (χ2v) is 9.73. The van der Waals surface area contributed by atoms with Gasteiger partial charge in [-0.3, -0.25) is 0 Å². The highest BCUT2D eigenvalue weighted by atomic mass is 127. The first kappa shape index (κ1) is 28.9. The number of nitrogens with one attached hydrogen (secondary N) is 2. The number of halogens is 5. The molecule has 40 heavy (non-hydrogen) atoms. The summed E-state index contributed by atoms with van der Waals surface area (Å²) in [4.78, 5) is 15.9. The first-order valence-electron chi connectivity index (χ1n) is 11.7. The molecule has 7 nitrogen and oxygen atoms in total. The zero-order valence-electron chi connectivity index (χ0n) is 21.1. The minimum absolute atomic E-state index is 0.0572. The summed E-state index contributed by atoms with van der Waals surface area (Å²) in [6, 6.07) is 11.2. The van der Waals surface area contributed by atoms with Gasteiger partial charge in [-0.2, -0.15) is 0 Å². The molecular formula is C28H22F4IN3O4. The van der Waals surface area contributed by atoms with Crippen molar-refractivity contribution in [3.05, 3.63) is 104 Å². The molecule has 0 radical (unpaired) electrons. The molecule has 4 aromatic rings. The Balaban J connectivity index is 1.62. The second-order valence-electron chi connectivity index (χ2n) is 8.48. The van der Waals surface area contributed by atoms with Crippen molar-refractivity contribution in [3.63, 3.8) is 0 Å². The Kier molecular flexibility index (Phi) is 8.97. The van der Waals surface area contributed by atoms with E-state index < -0.39 is 52.5 Å². The highest BCUT2D eigenvalue weighted by Crippen LogP contribution is 2.32. The number of carboxylic acid groups (broad SMARTS) is 1. The minimum atomic E-state index is -1.58. The van der Waals surface area contributed by atoms with Crippen LogP contribution >= 0.6 is 22.6 Å². The molecule has 0 amide bonds. The molecule has 1 aromatic heterocycles. The number of nitrogens with zero attached hydrogens (tertiary/aromatic N) is 1. The van der Waals surface area contributed by atoms with E-state index in [1.165, 1.54) is 38.6 Å². The molecule has 3 aromatic carbocycles. The number of anilines is 3. The summed E-state index contributed by atoms with van der Waals surface area (Å²) in [6.45, 7) is 0.127. The van der Waals surface area contributed by atoms with E-state index in [9.17, 15) is 14.3 Å². The molecule has 3 N–H and O–H groups in total. The van der Waals surface area contributed by atoms with Crippen LogP contribution in [-0.4, -0.2) is 30.3 Å². The summed E-state index contributed by atoms with van der Waals surface area (Å²) in [5, 5.41) is 14.9. The van der Waals surface area contributed by atoms with Gasteiger partial charge in [0.25, 0.3) is 0 Å². The predicted octanol–water partition coefficient (Wildman–Crippen LogP) is 6.90. The van der Waals surface area contributed by atoms with Gasteiger partial charge >= 0.3 is 5.97 Å². The van der Waals surface area contributed by atoms with Crippen molar-refractivity contribution in [2.75, 3.05) is 24.9 Å². The van der Waals surface area contributed by atoms with Gasteiger partial charge in [0.1, 0.15) is 17.3 Å². The SMILES string of the molecule is COc1ccc(CNc2nccc(Cc3cc(C(=O)O)c(Nc4ccc(I)cc4F)c(F)c3F)c2F)c(OC)c1. The average Bonchev–Trinajstić information content (AvgIpc) is 2.94. The van der Waals surface area contributed by atoms with Gasteiger partial charge in [0, 0.05) is 34.4 Å². The standard InChI is InChI=1S/C28H22F4IN3O4/c1-39-18-5-3-15(22(12-18)40-2)13-35-27-24(31)14(7-8-34-27)9-16-10-19(28(37)38)26(25(32)23(16)30)36-21-6-4-17(33)11-20(21)29/h3-8,10-12,36H,9,13H2,1-2H3,(H,34,35)(H,37,38). The number of aromatic nitrogens is 1. The molecule has 4 rings (SSSR count). The second kappa shape index (κ2) is 12.4. The van der Waals surface area contributed by atoms with Crippen LogP contribution in [0.5, 0.6) is 11.5 Å². The van der Waals surface area contributed by atoms with Crippen LogP contribution in [-0.2, 0) is 13.0 Å². The number of carboxylic acids is 1. The van der Waals surface area contributed by atoms with E-state index in [4.69, 9.17) is 9.47 Å². The van der Waals surface area contributed by atoms with Crippen molar-refractivity contribution in [3.8, 4) is 11.5 Å². The van der Waals surface area contributed by atoms with Crippen LogP contribution in [0, 0.1) is 26.8 Å². The van der Waals surface area contributed by atoms with Gasteiger partial charge in [-0.15, -0.1) is 0 Å². The first-order valence-corrected chi connectivity index (χ1v) is 12.7. The fourth-order valence-electron chi connectivity index (χ4n) is 3.95. The van der Waals surface area contributed by atoms with Crippen molar-refractivity contribution in [2.24, 2.45) is 0 Å². The van der Waals surface area contributed by atoms with Gasteiger partial charge in [-0.05, 0) is 76.2 Å². The van der Waals surface area contributed by atoms with Gasteiger partial charge in [-0.1, -0.05) is 0 Å². The van der Waals surface area contributed by atoms with Crippen LogP contribution in [0.1, 0.15) is 27.0 Å². The molecule has 0 aliphatic heterocycles. The monoisotopic (exact) mass is 667 g/mol. The molecule has 0 unspecified atom stereocenters. The Hall–Kier alpha value is -4.07. The quantitative estimate of drug-likeness (QED) is 0.125. The fourth-order valence-corrected chi connectivity index (χ4v) is 4.40. The molecule has 0 saturated heterocycles. The molecule has 0 aliphatic carbocycles. The average molecular weight is 667 g/mol. The number of ether oxygens (including phenoxy) is 2. The van der Waals surface area contributed by atoms with Crippen LogP contribution in [0.2, 0.25) is 0 Å². The molecule has 0 aliphatic rings. The Morgan fingerprint density at radius 2 is 1.70 bits per heavy atom. The van der Waals surface area contributed by atoms with E-state index in [1.807, 2.05) is 22.6 Å². The number of pyridine rings is 1. The normalized spacial score (nSPS) is 10.8. The molecule has 0 spiro atoms. The smallest absolute Gasteiger partial charge is 0.337 e. The number of rotatable bonds is 10. The van der Waals surface area contributed by atoms with Gasteiger partial charge < -0.3 is 25.2 Å². The lowest BCUT2D eigenvalue weighted by atomic mass is 10.00. The van der Waals surface area contributed by atoms with E-state index in [0.29, 0.717) is 20.6 Å². The Morgan fingerprint density at radius 3 is 2.38 bits per heavy atom. The summed E-state index contributed by atoms with van der Waals surface area (Å²) in [5.74, 6) is -5.19. The molecule has 0 bridgehead atoms. The van der Waals surface area contributed by atoms with Crippen molar-refractivity contribution in [2.45, 2.75) is 13.0 Å². The Bertz CT molecular complexity index is 1590. The molecule has 208 valence electrons. The summed E-state index contributed by atoms with van der Waals surface area (Å²) in [6.07, 6.45) is 0.809. The number of aromatic carboxylic acids is 1.